The molecular weight excluding hydrogens is 326 g/mol. The Balaban J connectivity index is 1.86. The molecule has 1 aromatic heterocycles. The van der Waals surface area contributed by atoms with Gasteiger partial charge in [0, 0.05) is 16.1 Å². The van der Waals surface area contributed by atoms with Gasteiger partial charge in [0.1, 0.15) is 10.6 Å². The molecule has 23 heavy (non-hydrogen) atoms. The molecule has 0 unspecified atom stereocenters. The Bertz CT molecular complexity index is 828. The molecule has 116 valence electrons. The predicted octanol–water partition coefficient (Wildman–Crippen LogP) is 4.49. The fourth-order valence-corrected chi connectivity index (χ4v) is 3.17. The first-order valence-electron chi connectivity index (χ1n) is 7.02. The van der Waals surface area contributed by atoms with Gasteiger partial charge in [0.15, 0.2) is 0 Å². The number of benzene rings is 2. The van der Waals surface area contributed by atoms with E-state index < -0.39 is 0 Å². The average Bonchev–Trinajstić information content (AvgIpc) is 3.05. The van der Waals surface area contributed by atoms with E-state index in [1.54, 1.807) is 11.8 Å². The quantitative estimate of drug-likeness (QED) is 0.711. The molecule has 1 amide bonds. The summed E-state index contributed by atoms with van der Waals surface area (Å²) in [7, 11) is 0. The third-order valence-electron chi connectivity index (χ3n) is 3.35. The number of nitrogens with one attached hydrogen (secondary N) is 1. The molecule has 4 nitrogen and oxygen atoms in total. The van der Waals surface area contributed by atoms with Gasteiger partial charge in [-0.25, -0.2) is 0 Å². The van der Waals surface area contributed by atoms with Gasteiger partial charge in [-0.1, -0.05) is 40.4 Å². The molecule has 0 aliphatic carbocycles. The summed E-state index contributed by atoms with van der Waals surface area (Å²) < 4.78 is 3.94. The molecular formula is C17H15N3OS2. The zero-order chi connectivity index (χ0) is 16.2. The summed E-state index contributed by atoms with van der Waals surface area (Å²) >= 11 is 2.74. The van der Waals surface area contributed by atoms with Gasteiger partial charge in [-0.05, 0) is 42.9 Å². The van der Waals surface area contributed by atoms with E-state index in [9.17, 15) is 4.79 Å². The summed E-state index contributed by atoms with van der Waals surface area (Å²) in [6, 6.07) is 15.7. The summed E-state index contributed by atoms with van der Waals surface area (Å²) in [5.41, 5.74) is 3.45. The predicted molar refractivity (Wildman–Crippen MR) is 96.3 cm³/mol. The van der Waals surface area contributed by atoms with Crippen molar-refractivity contribution in [2.24, 2.45) is 0 Å². The Morgan fingerprint density at radius 1 is 1.17 bits per heavy atom. The number of hydrogen-bond acceptors (Lipinski definition) is 5. The van der Waals surface area contributed by atoms with Crippen LogP contribution in [0.25, 0.3) is 11.3 Å². The highest BCUT2D eigenvalue weighted by atomic mass is 32.2. The van der Waals surface area contributed by atoms with Crippen LogP contribution in [0.5, 0.6) is 0 Å². The summed E-state index contributed by atoms with van der Waals surface area (Å²) in [5.74, 6) is -0.186. The van der Waals surface area contributed by atoms with Crippen molar-refractivity contribution in [3.8, 4) is 11.3 Å². The van der Waals surface area contributed by atoms with Crippen molar-refractivity contribution < 1.29 is 4.79 Å². The normalized spacial score (nSPS) is 10.5. The van der Waals surface area contributed by atoms with Crippen LogP contribution in [0, 0.1) is 6.92 Å². The van der Waals surface area contributed by atoms with Gasteiger partial charge >= 0.3 is 0 Å². The molecule has 0 bridgehead atoms. The number of aromatic nitrogens is 2. The molecule has 3 aromatic rings. The Kier molecular flexibility index (Phi) is 4.73. The van der Waals surface area contributed by atoms with E-state index in [0.717, 1.165) is 33.2 Å². The molecule has 1 N–H and O–H groups in total. The van der Waals surface area contributed by atoms with Crippen LogP contribution in [0.2, 0.25) is 0 Å². The van der Waals surface area contributed by atoms with Crippen LogP contribution >= 0.6 is 23.3 Å². The smallest absolute Gasteiger partial charge is 0.269 e. The largest absolute Gasteiger partial charge is 0.321 e. The van der Waals surface area contributed by atoms with E-state index in [4.69, 9.17) is 0 Å². The summed E-state index contributed by atoms with van der Waals surface area (Å²) in [4.78, 5) is 14.2. The molecule has 2 aromatic carbocycles. The SMILES string of the molecule is CSc1cccc(NC(=O)c2snnc2-c2ccc(C)cc2)c1. The topological polar surface area (TPSA) is 54.9 Å². The number of amides is 1. The molecule has 6 heteroatoms. The molecule has 0 radical (unpaired) electrons. The first kappa shape index (κ1) is 15.7. The van der Waals surface area contributed by atoms with Gasteiger partial charge in [-0.2, -0.15) is 0 Å². The van der Waals surface area contributed by atoms with Gasteiger partial charge in [0.2, 0.25) is 0 Å². The van der Waals surface area contributed by atoms with E-state index in [1.807, 2.05) is 61.7 Å². The van der Waals surface area contributed by atoms with Crippen LogP contribution in [0.4, 0.5) is 5.69 Å². The van der Waals surface area contributed by atoms with E-state index in [2.05, 4.69) is 14.9 Å². The van der Waals surface area contributed by atoms with E-state index in [1.165, 1.54) is 0 Å². The molecule has 3 rings (SSSR count). The Hall–Kier alpha value is -2.18. The lowest BCUT2D eigenvalue weighted by Crippen LogP contribution is -2.11. The molecule has 0 aliphatic heterocycles. The third-order valence-corrected chi connectivity index (χ3v) is 4.80. The number of carbonyl (C=O) groups is 1. The fraction of sp³-hybridized carbons (Fsp3) is 0.118. The van der Waals surface area contributed by atoms with Crippen molar-refractivity contribution in [3.63, 3.8) is 0 Å². The van der Waals surface area contributed by atoms with Gasteiger partial charge in [0.05, 0.1) is 0 Å². The van der Waals surface area contributed by atoms with E-state index >= 15 is 0 Å². The van der Waals surface area contributed by atoms with Crippen LogP contribution in [-0.4, -0.2) is 21.7 Å². The molecule has 1 heterocycles. The number of carbonyl (C=O) groups excluding carboxylic acids is 1. The van der Waals surface area contributed by atoms with E-state index in [-0.39, 0.29) is 5.91 Å². The lowest BCUT2D eigenvalue weighted by molar-refractivity contribution is 0.103. The number of nitrogens with zero attached hydrogens (tertiary/aromatic N) is 2. The third kappa shape index (κ3) is 3.60. The highest BCUT2D eigenvalue weighted by molar-refractivity contribution is 7.98. The lowest BCUT2D eigenvalue weighted by Gasteiger charge is -2.06. The van der Waals surface area contributed by atoms with Crippen LogP contribution in [0.15, 0.2) is 53.4 Å². The summed E-state index contributed by atoms with van der Waals surface area (Å²) in [6.45, 7) is 2.02. The van der Waals surface area contributed by atoms with Crippen LogP contribution in [0.3, 0.4) is 0 Å². The Morgan fingerprint density at radius 2 is 1.96 bits per heavy atom. The highest BCUT2D eigenvalue weighted by Gasteiger charge is 2.18. The van der Waals surface area contributed by atoms with Crippen molar-refractivity contribution in [2.45, 2.75) is 11.8 Å². The first-order chi connectivity index (χ1) is 11.2. The summed E-state index contributed by atoms with van der Waals surface area (Å²) in [5, 5.41) is 7.03. The number of thioether (sulfide) groups is 1. The fourth-order valence-electron chi connectivity index (χ4n) is 2.13. The van der Waals surface area contributed by atoms with Crippen LogP contribution < -0.4 is 5.32 Å². The monoisotopic (exact) mass is 341 g/mol. The second-order valence-corrected chi connectivity index (χ2v) is 6.64. The molecule has 0 spiro atoms. The maximum absolute atomic E-state index is 12.5. The first-order valence-corrected chi connectivity index (χ1v) is 9.02. The van der Waals surface area contributed by atoms with Crippen LogP contribution in [-0.2, 0) is 0 Å². The molecule has 0 fully saturated rings. The number of anilines is 1. The number of hydrogen-bond donors (Lipinski definition) is 1. The van der Waals surface area contributed by atoms with Crippen LogP contribution in [0.1, 0.15) is 15.2 Å². The zero-order valence-electron chi connectivity index (χ0n) is 12.7. The number of rotatable bonds is 4. The second-order valence-electron chi connectivity index (χ2n) is 5.00. The highest BCUT2D eigenvalue weighted by Crippen LogP contribution is 2.26. The molecule has 0 saturated heterocycles. The zero-order valence-corrected chi connectivity index (χ0v) is 14.4. The van der Waals surface area contributed by atoms with Crippen molar-refractivity contribution in [1.82, 2.24) is 9.59 Å². The van der Waals surface area contributed by atoms with Crippen molar-refractivity contribution in [3.05, 3.63) is 59.0 Å². The molecule has 0 saturated carbocycles. The van der Waals surface area contributed by atoms with E-state index in [0.29, 0.717) is 10.6 Å². The Labute approximate surface area is 143 Å². The second kappa shape index (κ2) is 6.93. The van der Waals surface area contributed by atoms with Crippen molar-refractivity contribution >= 4 is 34.9 Å². The van der Waals surface area contributed by atoms with Gasteiger partial charge in [-0.3, -0.25) is 4.79 Å². The minimum Gasteiger partial charge on any atom is -0.321 e. The lowest BCUT2D eigenvalue weighted by atomic mass is 10.1. The Morgan fingerprint density at radius 3 is 2.70 bits per heavy atom. The molecule has 0 aliphatic rings. The minimum atomic E-state index is -0.186. The standard InChI is InChI=1S/C17H15N3OS2/c1-11-6-8-12(9-7-11)15-16(23-20-19-15)17(21)18-13-4-3-5-14(10-13)22-2/h3-10H,1-2H3,(H,18,21). The maximum atomic E-state index is 12.5. The van der Waals surface area contributed by atoms with Gasteiger partial charge in [-0.15, -0.1) is 16.9 Å². The summed E-state index contributed by atoms with van der Waals surface area (Å²) in [6.07, 6.45) is 2.00. The molecule has 0 atom stereocenters. The van der Waals surface area contributed by atoms with Gasteiger partial charge < -0.3 is 5.32 Å². The average molecular weight is 341 g/mol. The maximum Gasteiger partial charge on any atom is 0.269 e. The van der Waals surface area contributed by atoms with Crippen molar-refractivity contribution in [1.29, 1.82) is 0 Å². The van der Waals surface area contributed by atoms with Gasteiger partial charge in [0.25, 0.3) is 5.91 Å². The van der Waals surface area contributed by atoms with Crippen molar-refractivity contribution in [2.75, 3.05) is 11.6 Å². The minimum absolute atomic E-state index is 0.186. The number of aryl methyl sites for hydroxylation is 1.